The van der Waals surface area contributed by atoms with Crippen LogP contribution in [0.4, 0.5) is 0 Å². The Morgan fingerprint density at radius 2 is 1.82 bits per heavy atom. The van der Waals surface area contributed by atoms with Crippen LogP contribution in [0.15, 0.2) is 77.4 Å². The summed E-state index contributed by atoms with van der Waals surface area (Å²) in [5.41, 5.74) is 1.88. The molecule has 2 aromatic carbocycles. The van der Waals surface area contributed by atoms with Gasteiger partial charge in [-0.3, -0.25) is 4.79 Å². The maximum Gasteiger partial charge on any atom is 0.220 e. The largest absolute Gasteiger partial charge is 0.469 e. The summed E-state index contributed by atoms with van der Waals surface area (Å²) in [6, 6.07) is 22.3. The van der Waals surface area contributed by atoms with E-state index in [2.05, 4.69) is 55.6 Å². The molecule has 1 aliphatic heterocycles. The van der Waals surface area contributed by atoms with Crippen LogP contribution < -0.4 is 5.32 Å². The van der Waals surface area contributed by atoms with Crippen LogP contribution >= 0.6 is 11.6 Å². The summed E-state index contributed by atoms with van der Waals surface area (Å²) in [5, 5.41) is 3.90. The number of nitrogens with one attached hydrogen (secondary N) is 1. The Balaban J connectivity index is 1.41. The molecule has 0 aliphatic carbocycles. The van der Waals surface area contributed by atoms with Crippen LogP contribution in [0.25, 0.3) is 0 Å². The second kappa shape index (κ2) is 10.8. The zero-order valence-electron chi connectivity index (χ0n) is 20.1. The van der Waals surface area contributed by atoms with E-state index in [1.807, 2.05) is 30.3 Å². The van der Waals surface area contributed by atoms with Gasteiger partial charge in [0.2, 0.25) is 5.91 Å². The van der Waals surface area contributed by atoms with Crippen molar-refractivity contribution in [1.29, 1.82) is 0 Å². The predicted octanol–water partition coefficient (Wildman–Crippen LogP) is 6.68. The number of rotatable bonds is 9. The van der Waals surface area contributed by atoms with Crippen LogP contribution in [0.1, 0.15) is 62.3 Å². The Morgan fingerprint density at radius 3 is 2.50 bits per heavy atom. The molecular formula is C29H34ClNO3. The molecule has 1 amide bonds. The molecule has 180 valence electrons. The second-order valence-corrected chi connectivity index (χ2v) is 10.5. The molecule has 1 aliphatic rings. The molecule has 34 heavy (non-hydrogen) atoms. The van der Waals surface area contributed by atoms with Crippen LogP contribution in [0, 0.1) is 0 Å². The van der Waals surface area contributed by atoms with Crippen LogP contribution in [-0.2, 0) is 21.4 Å². The van der Waals surface area contributed by atoms with Crippen molar-refractivity contribution in [2.24, 2.45) is 0 Å². The number of hydrogen-bond acceptors (Lipinski definition) is 3. The van der Waals surface area contributed by atoms with Crippen molar-refractivity contribution in [2.75, 3.05) is 13.2 Å². The van der Waals surface area contributed by atoms with Crippen LogP contribution in [0.3, 0.4) is 0 Å². The molecule has 1 aromatic heterocycles. The van der Waals surface area contributed by atoms with Gasteiger partial charge in [-0.05, 0) is 74.9 Å². The molecular weight excluding hydrogens is 446 g/mol. The normalized spacial score (nSPS) is 20.6. The van der Waals surface area contributed by atoms with E-state index in [4.69, 9.17) is 20.8 Å². The third-order valence-electron chi connectivity index (χ3n) is 6.88. The molecule has 0 spiro atoms. The molecule has 4 nitrogen and oxygen atoms in total. The summed E-state index contributed by atoms with van der Waals surface area (Å²) in [6.45, 7) is 5.45. The topological polar surface area (TPSA) is 51.5 Å². The molecule has 5 heteroatoms. The number of ether oxygens (including phenoxy) is 1. The minimum atomic E-state index is -0.280. The Bertz CT molecular complexity index is 1050. The standard InChI is InChI=1S/C29H34ClNO3/c1-28(2)21-29(15-18-34-28,24-10-12-25(30)13-11-24)20-27(32)31-16-14-23(26-9-6-17-33-26)19-22-7-4-3-5-8-22/h3-13,17,23H,14-16,18-21H2,1-2H3,(H,31,32)/t23-,29+/m1/s1. The first-order valence-electron chi connectivity index (χ1n) is 12.1. The number of carbonyl (C=O) groups excluding carboxylic acids is 1. The smallest absolute Gasteiger partial charge is 0.220 e. The average molecular weight is 480 g/mol. The molecule has 0 radical (unpaired) electrons. The molecule has 0 unspecified atom stereocenters. The molecule has 4 rings (SSSR count). The van der Waals surface area contributed by atoms with Crippen LogP contribution in [-0.4, -0.2) is 24.7 Å². The van der Waals surface area contributed by atoms with E-state index in [1.54, 1.807) is 6.26 Å². The first-order valence-corrected chi connectivity index (χ1v) is 12.5. The molecule has 0 bridgehead atoms. The van der Waals surface area contributed by atoms with Crippen molar-refractivity contribution in [1.82, 2.24) is 5.32 Å². The van der Waals surface area contributed by atoms with Crippen LogP contribution in [0.2, 0.25) is 5.02 Å². The first kappa shape index (κ1) is 24.6. The SMILES string of the molecule is CC1(C)C[C@](CC(=O)NCC[C@H](Cc2ccccc2)c2ccco2)(c2ccc(Cl)cc2)CCO1. The third kappa shape index (κ3) is 6.31. The molecule has 2 heterocycles. The summed E-state index contributed by atoms with van der Waals surface area (Å²) < 4.78 is 11.7. The highest BCUT2D eigenvalue weighted by Gasteiger charge is 2.43. The van der Waals surface area contributed by atoms with Crippen molar-refractivity contribution in [3.8, 4) is 0 Å². The van der Waals surface area contributed by atoms with Crippen molar-refractivity contribution in [3.05, 3.63) is 94.9 Å². The lowest BCUT2D eigenvalue weighted by Gasteiger charge is -2.45. The highest BCUT2D eigenvalue weighted by molar-refractivity contribution is 6.30. The van der Waals surface area contributed by atoms with Gasteiger partial charge in [0.25, 0.3) is 0 Å². The molecule has 0 saturated carbocycles. The average Bonchev–Trinajstić information content (AvgIpc) is 3.34. The quantitative estimate of drug-likeness (QED) is 0.372. The van der Waals surface area contributed by atoms with Gasteiger partial charge in [0.1, 0.15) is 5.76 Å². The summed E-state index contributed by atoms with van der Waals surface area (Å²) in [5.74, 6) is 1.25. The van der Waals surface area contributed by atoms with Gasteiger partial charge < -0.3 is 14.5 Å². The summed E-state index contributed by atoms with van der Waals surface area (Å²) in [6.07, 6.45) is 5.45. The molecule has 1 N–H and O–H groups in total. The van der Waals surface area contributed by atoms with Gasteiger partial charge in [-0.1, -0.05) is 54.1 Å². The van der Waals surface area contributed by atoms with Gasteiger partial charge in [0, 0.05) is 35.9 Å². The van der Waals surface area contributed by atoms with Gasteiger partial charge in [-0.15, -0.1) is 0 Å². The first-order chi connectivity index (χ1) is 16.4. The molecule has 1 fully saturated rings. The Hall–Kier alpha value is -2.56. The lowest BCUT2D eigenvalue weighted by molar-refractivity contribution is -0.126. The number of halogens is 1. The lowest BCUT2D eigenvalue weighted by Crippen LogP contribution is -2.46. The lowest BCUT2D eigenvalue weighted by atomic mass is 9.67. The number of amides is 1. The van der Waals surface area contributed by atoms with Crippen LogP contribution in [0.5, 0.6) is 0 Å². The fourth-order valence-electron chi connectivity index (χ4n) is 5.30. The van der Waals surface area contributed by atoms with E-state index in [9.17, 15) is 4.79 Å². The zero-order valence-corrected chi connectivity index (χ0v) is 20.8. The van der Waals surface area contributed by atoms with Crippen molar-refractivity contribution >= 4 is 17.5 Å². The van der Waals surface area contributed by atoms with Gasteiger partial charge in [0.15, 0.2) is 0 Å². The van der Waals surface area contributed by atoms with Crippen molar-refractivity contribution in [2.45, 2.75) is 62.9 Å². The summed E-state index contributed by atoms with van der Waals surface area (Å²) >= 11 is 6.14. The number of hydrogen-bond donors (Lipinski definition) is 1. The van der Waals surface area contributed by atoms with Crippen molar-refractivity contribution in [3.63, 3.8) is 0 Å². The minimum absolute atomic E-state index is 0.0746. The minimum Gasteiger partial charge on any atom is -0.469 e. The van der Waals surface area contributed by atoms with E-state index in [-0.39, 0.29) is 22.8 Å². The van der Waals surface area contributed by atoms with Crippen molar-refractivity contribution < 1.29 is 13.9 Å². The molecule has 3 aromatic rings. The number of benzene rings is 2. The number of furan rings is 1. The number of carbonyl (C=O) groups is 1. The highest BCUT2D eigenvalue weighted by atomic mass is 35.5. The van der Waals surface area contributed by atoms with E-state index in [1.165, 1.54) is 5.56 Å². The molecule has 1 saturated heterocycles. The highest BCUT2D eigenvalue weighted by Crippen LogP contribution is 2.44. The van der Waals surface area contributed by atoms with E-state index in [0.29, 0.717) is 24.6 Å². The van der Waals surface area contributed by atoms with E-state index >= 15 is 0 Å². The van der Waals surface area contributed by atoms with Gasteiger partial charge in [-0.25, -0.2) is 0 Å². The Morgan fingerprint density at radius 1 is 1.06 bits per heavy atom. The maximum atomic E-state index is 13.2. The predicted molar refractivity (Wildman–Crippen MR) is 136 cm³/mol. The van der Waals surface area contributed by atoms with Gasteiger partial charge >= 0.3 is 0 Å². The summed E-state index contributed by atoms with van der Waals surface area (Å²) in [4.78, 5) is 13.2. The van der Waals surface area contributed by atoms with Gasteiger partial charge in [0.05, 0.1) is 11.9 Å². The second-order valence-electron chi connectivity index (χ2n) is 10.0. The Kier molecular flexibility index (Phi) is 7.80. The fourth-order valence-corrected chi connectivity index (χ4v) is 5.43. The Labute approximate surface area is 207 Å². The third-order valence-corrected chi connectivity index (χ3v) is 7.13. The summed E-state index contributed by atoms with van der Waals surface area (Å²) in [7, 11) is 0. The molecule has 2 atom stereocenters. The van der Waals surface area contributed by atoms with Gasteiger partial charge in [-0.2, -0.15) is 0 Å². The monoisotopic (exact) mass is 479 g/mol. The van der Waals surface area contributed by atoms with E-state index < -0.39 is 0 Å². The fraction of sp³-hybridized carbons (Fsp3) is 0.414. The zero-order chi connectivity index (χ0) is 24.0. The maximum absolute atomic E-state index is 13.2. The van der Waals surface area contributed by atoms with E-state index in [0.717, 1.165) is 37.0 Å².